The highest BCUT2D eigenvalue weighted by atomic mass is 16.5. The van der Waals surface area contributed by atoms with Gasteiger partial charge in [-0.05, 0) is 18.6 Å². The van der Waals surface area contributed by atoms with E-state index in [1.54, 1.807) is 30.9 Å². The first-order chi connectivity index (χ1) is 16.1. The molecule has 0 saturated heterocycles. The number of fused-ring (bicyclic) bond motifs is 2. The van der Waals surface area contributed by atoms with E-state index in [-0.39, 0.29) is 6.61 Å². The molecule has 4 aromatic rings. The molecule has 0 amide bonds. The van der Waals surface area contributed by atoms with Gasteiger partial charge in [0.15, 0.2) is 17.1 Å². The Bertz CT molecular complexity index is 1270. The van der Waals surface area contributed by atoms with Gasteiger partial charge in [-0.1, -0.05) is 11.2 Å². The second kappa shape index (κ2) is 9.12. The summed E-state index contributed by atoms with van der Waals surface area (Å²) in [5, 5.41) is 16.9. The molecule has 0 unspecified atom stereocenters. The van der Waals surface area contributed by atoms with Crippen molar-refractivity contribution in [2.24, 2.45) is 0 Å². The molecule has 0 aromatic carbocycles. The standard InChI is InChI=1S/C22H25N7O4/c1-14-10-18(27-33-14)21-25-24-20-11-19(31-3)22(26-29(20)21)32-13-16-5-4-15-12-28(8-9-30-2)7-6-17(15)23-16/h4-5,10-11H,6-9,12-13H2,1-3H3. The highest BCUT2D eigenvalue weighted by molar-refractivity contribution is 5.56. The molecular formula is C22H25N7O4. The summed E-state index contributed by atoms with van der Waals surface area (Å²) in [7, 11) is 3.29. The average molecular weight is 451 g/mol. The molecular weight excluding hydrogens is 426 g/mol. The van der Waals surface area contributed by atoms with Crippen molar-refractivity contribution in [2.75, 3.05) is 33.9 Å². The van der Waals surface area contributed by atoms with E-state index in [0.29, 0.717) is 34.6 Å². The van der Waals surface area contributed by atoms with Crippen LogP contribution in [0, 0.1) is 6.92 Å². The SMILES string of the molecule is COCCN1CCc2nc(COc3nn4c(-c5cc(C)on5)nnc4cc3OC)ccc2C1. The van der Waals surface area contributed by atoms with Crippen molar-refractivity contribution in [1.82, 2.24) is 34.9 Å². The van der Waals surface area contributed by atoms with Crippen LogP contribution in [0.15, 0.2) is 28.8 Å². The van der Waals surface area contributed by atoms with E-state index < -0.39 is 0 Å². The van der Waals surface area contributed by atoms with Crippen molar-refractivity contribution < 1.29 is 18.7 Å². The summed E-state index contributed by atoms with van der Waals surface area (Å²) < 4.78 is 23.4. The Morgan fingerprint density at radius 2 is 2.06 bits per heavy atom. The quantitative estimate of drug-likeness (QED) is 0.394. The van der Waals surface area contributed by atoms with Crippen LogP contribution in [0.5, 0.6) is 11.6 Å². The summed E-state index contributed by atoms with van der Waals surface area (Å²) in [5.74, 6) is 1.91. The molecule has 0 aliphatic carbocycles. The van der Waals surface area contributed by atoms with Crippen LogP contribution in [0.25, 0.3) is 17.2 Å². The Morgan fingerprint density at radius 3 is 2.85 bits per heavy atom. The van der Waals surface area contributed by atoms with Gasteiger partial charge >= 0.3 is 0 Å². The van der Waals surface area contributed by atoms with Gasteiger partial charge in [0.25, 0.3) is 5.88 Å². The maximum atomic E-state index is 6.01. The van der Waals surface area contributed by atoms with E-state index in [2.05, 4.69) is 31.4 Å². The highest BCUT2D eigenvalue weighted by Crippen LogP contribution is 2.28. The molecule has 0 bridgehead atoms. The van der Waals surface area contributed by atoms with Gasteiger partial charge in [0.05, 0.1) is 19.4 Å². The molecule has 0 radical (unpaired) electrons. The number of rotatable bonds is 8. The van der Waals surface area contributed by atoms with E-state index >= 15 is 0 Å². The summed E-state index contributed by atoms with van der Waals surface area (Å²) in [6, 6.07) is 7.61. The first-order valence-corrected chi connectivity index (χ1v) is 10.7. The molecule has 1 aliphatic heterocycles. The minimum Gasteiger partial charge on any atom is -0.491 e. The van der Waals surface area contributed by atoms with Crippen molar-refractivity contribution >= 4 is 5.65 Å². The molecule has 0 spiro atoms. The number of aryl methyl sites for hydroxylation is 1. The number of pyridine rings is 1. The van der Waals surface area contributed by atoms with Crippen LogP contribution in [-0.4, -0.2) is 68.8 Å². The van der Waals surface area contributed by atoms with E-state index in [9.17, 15) is 0 Å². The van der Waals surface area contributed by atoms with Crippen LogP contribution in [-0.2, 0) is 24.3 Å². The Kier molecular flexibility index (Phi) is 5.88. The largest absolute Gasteiger partial charge is 0.491 e. The molecule has 5 rings (SSSR count). The molecule has 4 aromatic heterocycles. The lowest BCUT2D eigenvalue weighted by Crippen LogP contribution is -2.33. The normalized spacial score (nSPS) is 13.9. The van der Waals surface area contributed by atoms with Gasteiger partial charge in [0.1, 0.15) is 12.4 Å². The fourth-order valence-corrected chi connectivity index (χ4v) is 3.83. The number of nitrogens with zero attached hydrogens (tertiary/aromatic N) is 7. The van der Waals surface area contributed by atoms with Crippen LogP contribution < -0.4 is 9.47 Å². The van der Waals surface area contributed by atoms with Crippen molar-refractivity contribution in [3.8, 4) is 23.1 Å². The lowest BCUT2D eigenvalue weighted by Gasteiger charge is -2.28. The lowest BCUT2D eigenvalue weighted by molar-refractivity contribution is 0.140. The van der Waals surface area contributed by atoms with Crippen LogP contribution in [0.4, 0.5) is 0 Å². The summed E-state index contributed by atoms with van der Waals surface area (Å²) in [6.45, 7) is 5.59. The zero-order valence-electron chi connectivity index (χ0n) is 18.8. The Balaban J connectivity index is 1.35. The van der Waals surface area contributed by atoms with Gasteiger partial charge < -0.3 is 18.7 Å². The zero-order valence-corrected chi connectivity index (χ0v) is 18.8. The van der Waals surface area contributed by atoms with Gasteiger partial charge in [0, 0.05) is 51.0 Å². The fourth-order valence-electron chi connectivity index (χ4n) is 3.83. The molecule has 5 heterocycles. The molecule has 0 fully saturated rings. The van der Waals surface area contributed by atoms with Crippen LogP contribution >= 0.6 is 0 Å². The molecule has 0 atom stereocenters. The number of aromatic nitrogens is 6. The molecule has 11 heteroatoms. The number of hydrogen-bond acceptors (Lipinski definition) is 10. The predicted octanol–water partition coefficient (Wildman–Crippen LogP) is 2.07. The van der Waals surface area contributed by atoms with E-state index in [0.717, 1.165) is 44.0 Å². The summed E-state index contributed by atoms with van der Waals surface area (Å²) in [5.41, 5.74) is 4.25. The zero-order chi connectivity index (χ0) is 22.8. The summed E-state index contributed by atoms with van der Waals surface area (Å²) in [6.07, 6.45) is 0.904. The average Bonchev–Trinajstić information content (AvgIpc) is 3.45. The van der Waals surface area contributed by atoms with E-state index in [1.165, 1.54) is 5.56 Å². The highest BCUT2D eigenvalue weighted by Gasteiger charge is 2.20. The smallest absolute Gasteiger partial charge is 0.275 e. The maximum Gasteiger partial charge on any atom is 0.275 e. The number of ether oxygens (including phenoxy) is 3. The van der Waals surface area contributed by atoms with E-state index in [4.69, 9.17) is 23.7 Å². The number of hydrogen-bond donors (Lipinski definition) is 0. The second-order valence-electron chi connectivity index (χ2n) is 7.85. The van der Waals surface area contributed by atoms with Crippen molar-refractivity contribution in [3.05, 3.63) is 47.0 Å². The summed E-state index contributed by atoms with van der Waals surface area (Å²) >= 11 is 0. The maximum absolute atomic E-state index is 6.01. The minimum atomic E-state index is 0.260. The first kappa shape index (κ1) is 21.3. The fraction of sp³-hybridized carbons (Fsp3) is 0.409. The van der Waals surface area contributed by atoms with Crippen molar-refractivity contribution in [1.29, 1.82) is 0 Å². The lowest BCUT2D eigenvalue weighted by atomic mass is 10.1. The molecule has 33 heavy (non-hydrogen) atoms. The second-order valence-corrected chi connectivity index (χ2v) is 7.85. The van der Waals surface area contributed by atoms with Crippen molar-refractivity contribution in [2.45, 2.75) is 26.5 Å². The molecule has 1 aliphatic rings. The number of methoxy groups -OCH3 is 2. The minimum absolute atomic E-state index is 0.260. The molecule has 11 nitrogen and oxygen atoms in total. The molecule has 0 N–H and O–H groups in total. The van der Waals surface area contributed by atoms with E-state index in [1.807, 2.05) is 13.0 Å². The summed E-state index contributed by atoms with van der Waals surface area (Å²) in [4.78, 5) is 7.19. The third kappa shape index (κ3) is 4.37. The van der Waals surface area contributed by atoms with Gasteiger partial charge in [-0.15, -0.1) is 15.3 Å². The first-order valence-electron chi connectivity index (χ1n) is 10.7. The third-order valence-electron chi connectivity index (χ3n) is 5.56. The monoisotopic (exact) mass is 451 g/mol. The van der Waals surface area contributed by atoms with Crippen LogP contribution in [0.2, 0.25) is 0 Å². The van der Waals surface area contributed by atoms with Gasteiger partial charge in [-0.2, -0.15) is 4.52 Å². The Morgan fingerprint density at radius 1 is 1.15 bits per heavy atom. The predicted molar refractivity (Wildman–Crippen MR) is 117 cm³/mol. The van der Waals surface area contributed by atoms with Crippen molar-refractivity contribution in [3.63, 3.8) is 0 Å². The topological polar surface area (TPSA) is 113 Å². The Labute approximate surface area is 190 Å². The van der Waals surface area contributed by atoms with Crippen LogP contribution in [0.1, 0.15) is 22.7 Å². The van der Waals surface area contributed by atoms with Gasteiger partial charge in [-0.3, -0.25) is 9.88 Å². The van der Waals surface area contributed by atoms with Gasteiger partial charge in [-0.25, -0.2) is 0 Å². The third-order valence-corrected chi connectivity index (χ3v) is 5.56. The van der Waals surface area contributed by atoms with Crippen LogP contribution in [0.3, 0.4) is 0 Å². The van der Waals surface area contributed by atoms with Gasteiger partial charge in [0.2, 0.25) is 5.82 Å². The Hall–Kier alpha value is -3.57. The molecule has 0 saturated carbocycles. The molecule has 172 valence electrons.